The highest BCUT2D eigenvalue weighted by Crippen LogP contribution is 2.11. The average Bonchev–Trinajstić information content (AvgIpc) is 2.59. The van der Waals surface area contributed by atoms with Crippen LogP contribution in [0.4, 0.5) is 17.8 Å². The second-order valence-electron chi connectivity index (χ2n) is 3.23. The molecule has 0 aliphatic rings. The van der Waals surface area contributed by atoms with Gasteiger partial charge in [0.25, 0.3) is 0 Å². The van der Waals surface area contributed by atoms with Crippen molar-refractivity contribution < 1.29 is 4.42 Å². The molecule has 2 rings (SSSR count). The normalized spacial score (nSPS) is 10.3. The molecule has 0 saturated carbocycles. The van der Waals surface area contributed by atoms with Crippen molar-refractivity contribution in [3.05, 3.63) is 23.7 Å². The molecule has 0 bridgehead atoms. The van der Waals surface area contributed by atoms with Gasteiger partial charge in [-0.25, -0.2) is 0 Å². The highest BCUT2D eigenvalue weighted by molar-refractivity contribution is 5.37. The van der Waals surface area contributed by atoms with Crippen molar-refractivity contribution in [2.24, 2.45) is 0 Å². The average molecular weight is 220 g/mol. The fraction of sp³-hybridized carbons (Fsp3) is 0.222. The Bertz CT molecular complexity index is 474. The zero-order valence-electron chi connectivity index (χ0n) is 8.77. The zero-order chi connectivity index (χ0) is 11.5. The molecule has 0 atom stereocenters. The molecule has 0 unspecified atom stereocenters. The molecule has 84 valence electrons. The minimum Gasteiger partial charge on any atom is -0.469 e. The second kappa shape index (κ2) is 4.05. The third kappa shape index (κ3) is 2.19. The van der Waals surface area contributed by atoms with Gasteiger partial charge in [0.15, 0.2) is 0 Å². The highest BCUT2D eigenvalue weighted by atomic mass is 16.3. The van der Waals surface area contributed by atoms with E-state index in [1.165, 1.54) is 0 Å². The van der Waals surface area contributed by atoms with Crippen molar-refractivity contribution in [1.29, 1.82) is 0 Å². The third-order valence-electron chi connectivity index (χ3n) is 2.07. The van der Waals surface area contributed by atoms with E-state index in [-0.39, 0.29) is 11.9 Å². The molecule has 16 heavy (non-hydrogen) atoms. The Morgan fingerprint density at radius 2 is 1.94 bits per heavy atom. The van der Waals surface area contributed by atoms with Crippen LogP contribution in [0, 0.1) is 6.92 Å². The first-order chi connectivity index (χ1) is 7.65. The lowest BCUT2D eigenvalue weighted by molar-refractivity contribution is 0.530. The first-order valence-electron chi connectivity index (χ1n) is 4.69. The smallest absolute Gasteiger partial charge is 0.229 e. The van der Waals surface area contributed by atoms with Crippen LogP contribution in [-0.2, 0) is 6.54 Å². The molecule has 0 saturated heterocycles. The van der Waals surface area contributed by atoms with Crippen molar-refractivity contribution in [3.8, 4) is 0 Å². The molecule has 7 heteroatoms. The van der Waals surface area contributed by atoms with Crippen molar-refractivity contribution in [3.63, 3.8) is 0 Å². The van der Waals surface area contributed by atoms with Gasteiger partial charge in [-0.1, -0.05) is 0 Å². The fourth-order valence-corrected chi connectivity index (χ4v) is 1.26. The van der Waals surface area contributed by atoms with E-state index >= 15 is 0 Å². The SMILES string of the molecule is Cc1occc1CNc1nc(N)nc(N)n1. The van der Waals surface area contributed by atoms with Crippen LogP contribution >= 0.6 is 0 Å². The van der Waals surface area contributed by atoms with Gasteiger partial charge in [0, 0.05) is 12.1 Å². The Morgan fingerprint density at radius 3 is 2.50 bits per heavy atom. The molecular formula is C9H12N6O. The summed E-state index contributed by atoms with van der Waals surface area (Å²) in [6.07, 6.45) is 1.63. The maximum atomic E-state index is 5.44. The van der Waals surface area contributed by atoms with Gasteiger partial charge in [-0.05, 0) is 13.0 Å². The van der Waals surface area contributed by atoms with Gasteiger partial charge >= 0.3 is 0 Å². The topological polar surface area (TPSA) is 116 Å². The van der Waals surface area contributed by atoms with Gasteiger partial charge in [-0.2, -0.15) is 15.0 Å². The largest absolute Gasteiger partial charge is 0.469 e. The third-order valence-corrected chi connectivity index (χ3v) is 2.07. The van der Waals surface area contributed by atoms with E-state index in [2.05, 4.69) is 20.3 Å². The first kappa shape index (κ1) is 10.2. The number of hydrogen-bond donors (Lipinski definition) is 3. The number of anilines is 3. The quantitative estimate of drug-likeness (QED) is 0.691. The summed E-state index contributed by atoms with van der Waals surface area (Å²) < 4.78 is 5.16. The zero-order valence-corrected chi connectivity index (χ0v) is 8.77. The Balaban J connectivity index is 2.07. The van der Waals surface area contributed by atoms with Gasteiger partial charge in [-0.15, -0.1) is 0 Å². The van der Waals surface area contributed by atoms with E-state index in [0.717, 1.165) is 11.3 Å². The lowest BCUT2D eigenvalue weighted by Crippen LogP contribution is -2.09. The minimum absolute atomic E-state index is 0.0962. The number of nitrogens with one attached hydrogen (secondary N) is 1. The summed E-state index contributed by atoms with van der Waals surface area (Å²) in [5, 5.41) is 2.99. The molecule has 2 aromatic rings. The summed E-state index contributed by atoms with van der Waals surface area (Å²) in [6, 6.07) is 1.87. The van der Waals surface area contributed by atoms with Gasteiger partial charge in [-0.3, -0.25) is 0 Å². The number of hydrogen-bond acceptors (Lipinski definition) is 7. The molecule has 2 heterocycles. The summed E-state index contributed by atoms with van der Waals surface area (Å²) in [4.78, 5) is 11.5. The van der Waals surface area contributed by atoms with Crippen LogP contribution in [-0.4, -0.2) is 15.0 Å². The van der Waals surface area contributed by atoms with Crippen LogP contribution in [0.5, 0.6) is 0 Å². The van der Waals surface area contributed by atoms with E-state index in [4.69, 9.17) is 15.9 Å². The molecule has 0 aliphatic heterocycles. The Morgan fingerprint density at radius 1 is 1.25 bits per heavy atom. The summed E-state index contributed by atoms with van der Waals surface area (Å²) >= 11 is 0. The molecule has 0 amide bonds. The summed E-state index contributed by atoms with van der Waals surface area (Å²) in [7, 11) is 0. The highest BCUT2D eigenvalue weighted by Gasteiger charge is 2.04. The standard InChI is InChI=1S/C9H12N6O/c1-5-6(2-3-16-5)4-12-9-14-7(10)13-8(11)15-9/h2-3H,4H2,1H3,(H5,10,11,12,13,14,15). The number of nitrogen functional groups attached to an aromatic ring is 2. The minimum atomic E-state index is 0.0962. The lowest BCUT2D eigenvalue weighted by Gasteiger charge is -2.04. The van der Waals surface area contributed by atoms with Crippen molar-refractivity contribution in [2.45, 2.75) is 13.5 Å². The van der Waals surface area contributed by atoms with Crippen molar-refractivity contribution in [2.75, 3.05) is 16.8 Å². The summed E-state index contributed by atoms with van der Waals surface area (Å²) in [6.45, 7) is 2.43. The van der Waals surface area contributed by atoms with Crippen LogP contribution in [0.25, 0.3) is 0 Å². The molecular weight excluding hydrogens is 208 g/mol. The molecule has 5 N–H and O–H groups in total. The van der Waals surface area contributed by atoms with Gasteiger partial charge in [0.2, 0.25) is 17.8 Å². The van der Waals surface area contributed by atoms with Gasteiger partial charge in [0.05, 0.1) is 6.26 Å². The van der Waals surface area contributed by atoms with Crippen LogP contribution in [0.2, 0.25) is 0 Å². The first-order valence-corrected chi connectivity index (χ1v) is 4.69. The number of nitrogens with zero attached hydrogens (tertiary/aromatic N) is 3. The number of rotatable bonds is 3. The van der Waals surface area contributed by atoms with Crippen molar-refractivity contribution >= 4 is 17.8 Å². The van der Waals surface area contributed by atoms with E-state index in [1.807, 2.05) is 13.0 Å². The van der Waals surface area contributed by atoms with Gasteiger partial charge < -0.3 is 21.2 Å². The fourth-order valence-electron chi connectivity index (χ4n) is 1.26. The molecule has 0 radical (unpaired) electrons. The van der Waals surface area contributed by atoms with E-state index in [1.54, 1.807) is 6.26 Å². The predicted octanol–water partition coefficient (Wildman–Crippen LogP) is 0.550. The maximum Gasteiger partial charge on any atom is 0.229 e. The van der Waals surface area contributed by atoms with E-state index in [9.17, 15) is 0 Å². The molecule has 2 aromatic heterocycles. The Hall–Kier alpha value is -2.31. The summed E-state index contributed by atoms with van der Waals surface area (Å²) in [5.41, 5.74) is 11.9. The van der Waals surface area contributed by atoms with Crippen LogP contribution < -0.4 is 16.8 Å². The lowest BCUT2D eigenvalue weighted by atomic mass is 10.2. The Kier molecular flexibility index (Phi) is 2.59. The second-order valence-corrected chi connectivity index (χ2v) is 3.23. The maximum absolute atomic E-state index is 5.44. The Labute approximate surface area is 91.9 Å². The monoisotopic (exact) mass is 220 g/mol. The molecule has 0 fully saturated rings. The van der Waals surface area contributed by atoms with Crippen LogP contribution in [0.3, 0.4) is 0 Å². The number of aromatic nitrogens is 3. The molecule has 7 nitrogen and oxygen atoms in total. The van der Waals surface area contributed by atoms with Crippen LogP contribution in [0.1, 0.15) is 11.3 Å². The van der Waals surface area contributed by atoms with E-state index in [0.29, 0.717) is 12.5 Å². The number of aryl methyl sites for hydroxylation is 1. The molecule has 0 spiro atoms. The van der Waals surface area contributed by atoms with Gasteiger partial charge in [0.1, 0.15) is 5.76 Å². The number of furan rings is 1. The molecule has 0 aromatic carbocycles. The van der Waals surface area contributed by atoms with E-state index < -0.39 is 0 Å². The van der Waals surface area contributed by atoms with Crippen molar-refractivity contribution in [1.82, 2.24) is 15.0 Å². The predicted molar refractivity (Wildman–Crippen MR) is 59.4 cm³/mol. The summed E-state index contributed by atoms with van der Waals surface area (Å²) in [5.74, 6) is 1.39. The number of nitrogens with two attached hydrogens (primary N) is 2. The molecule has 0 aliphatic carbocycles. The van der Waals surface area contributed by atoms with Crippen LogP contribution in [0.15, 0.2) is 16.7 Å².